The van der Waals surface area contributed by atoms with Gasteiger partial charge in [-0.1, -0.05) is 23.9 Å². The summed E-state index contributed by atoms with van der Waals surface area (Å²) in [6, 6.07) is 4.19. The molecule has 0 aliphatic heterocycles. The van der Waals surface area contributed by atoms with Crippen LogP contribution in [0.4, 0.5) is 0 Å². The largest absolute Gasteiger partial charge is 0.137 e. The number of hydrogen-bond donors (Lipinski definition) is 0. The molecule has 9 heavy (non-hydrogen) atoms. The van der Waals surface area contributed by atoms with Crippen LogP contribution < -0.4 is 0 Å². The van der Waals surface area contributed by atoms with Crippen molar-refractivity contribution in [2.24, 2.45) is 0 Å². The molecule has 1 rings (SSSR count). The normalized spacial score (nSPS) is 10.8. The van der Waals surface area contributed by atoms with Crippen molar-refractivity contribution < 1.29 is 0 Å². The molecule has 0 aromatic carbocycles. The van der Waals surface area contributed by atoms with Gasteiger partial charge in [0.2, 0.25) is 0 Å². The van der Waals surface area contributed by atoms with E-state index in [1.165, 1.54) is 4.21 Å². The summed E-state index contributed by atoms with van der Waals surface area (Å²) in [4.78, 5) is 0. The predicted octanol–water partition coefficient (Wildman–Crippen LogP) is 3.37. The minimum Gasteiger partial charge on any atom is -0.137 e. The van der Waals surface area contributed by atoms with Crippen LogP contribution in [0.25, 0.3) is 0 Å². The van der Waals surface area contributed by atoms with Crippen molar-refractivity contribution in [1.29, 1.82) is 0 Å². The van der Waals surface area contributed by atoms with Crippen molar-refractivity contribution in [3.63, 3.8) is 0 Å². The van der Waals surface area contributed by atoms with E-state index in [0.29, 0.717) is 0 Å². The number of rotatable bonds is 2. The molecule has 1 aromatic rings. The topological polar surface area (TPSA) is 0 Å². The second-order valence-corrected chi connectivity index (χ2v) is 3.67. The van der Waals surface area contributed by atoms with Gasteiger partial charge in [-0.15, -0.1) is 11.3 Å². The van der Waals surface area contributed by atoms with Gasteiger partial charge in [0, 0.05) is 0 Å². The molecule has 0 amide bonds. The summed E-state index contributed by atoms with van der Waals surface area (Å²) >= 11 is 3.54. The van der Waals surface area contributed by atoms with Crippen LogP contribution in [0.15, 0.2) is 33.2 Å². The fourth-order valence-corrected chi connectivity index (χ4v) is 1.90. The van der Waals surface area contributed by atoms with E-state index >= 15 is 0 Å². The number of allylic oxidation sites excluding steroid dienone is 1. The van der Waals surface area contributed by atoms with Crippen LogP contribution in [-0.4, -0.2) is 0 Å². The summed E-state index contributed by atoms with van der Waals surface area (Å²) < 4.78 is 1.35. The van der Waals surface area contributed by atoms with Crippen LogP contribution in [0.2, 0.25) is 0 Å². The van der Waals surface area contributed by atoms with Crippen molar-refractivity contribution >= 4 is 23.1 Å². The molecule has 0 fully saturated rings. The molecule has 0 radical (unpaired) electrons. The molecule has 0 N–H and O–H groups in total. The van der Waals surface area contributed by atoms with Gasteiger partial charge in [-0.05, 0) is 23.8 Å². The average molecular weight is 156 g/mol. The Morgan fingerprint density at radius 2 is 2.56 bits per heavy atom. The first kappa shape index (κ1) is 6.90. The Kier molecular flexibility index (Phi) is 2.87. The molecule has 0 aliphatic rings. The van der Waals surface area contributed by atoms with Gasteiger partial charge < -0.3 is 0 Å². The highest BCUT2D eigenvalue weighted by Gasteiger charge is 1.86. The van der Waals surface area contributed by atoms with E-state index in [4.69, 9.17) is 0 Å². The van der Waals surface area contributed by atoms with E-state index < -0.39 is 0 Å². The molecular formula is C7H8S2. The minimum atomic E-state index is 1.35. The third-order valence-corrected chi connectivity index (χ3v) is 2.83. The van der Waals surface area contributed by atoms with Crippen LogP contribution in [0, 0.1) is 0 Å². The molecule has 0 nitrogen and oxygen atoms in total. The van der Waals surface area contributed by atoms with Gasteiger partial charge in [0.05, 0.1) is 4.21 Å². The Morgan fingerprint density at radius 1 is 1.67 bits per heavy atom. The molecule has 0 unspecified atom stereocenters. The molecule has 1 aromatic heterocycles. The monoisotopic (exact) mass is 156 g/mol. The highest BCUT2D eigenvalue weighted by molar-refractivity contribution is 8.03. The van der Waals surface area contributed by atoms with E-state index in [1.54, 1.807) is 23.1 Å². The van der Waals surface area contributed by atoms with Gasteiger partial charge in [0.1, 0.15) is 0 Å². The van der Waals surface area contributed by atoms with Gasteiger partial charge in [-0.3, -0.25) is 0 Å². The van der Waals surface area contributed by atoms with Crippen molar-refractivity contribution in [3.05, 3.63) is 29.0 Å². The third kappa shape index (κ3) is 2.24. The van der Waals surface area contributed by atoms with E-state index in [2.05, 4.69) is 22.9 Å². The lowest BCUT2D eigenvalue weighted by molar-refractivity contribution is 1.74. The van der Waals surface area contributed by atoms with Crippen LogP contribution in [0.3, 0.4) is 0 Å². The smallest absolute Gasteiger partial charge is 0.0640 e. The Bertz CT molecular complexity index is 175. The SMILES string of the molecule is C/C=C\Sc1cccs1. The maximum atomic E-state index is 2.12. The number of thiophene rings is 1. The molecule has 48 valence electrons. The zero-order valence-corrected chi connectivity index (χ0v) is 6.84. The Labute approximate surface area is 63.6 Å². The fourth-order valence-electron chi connectivity index (χ4n) is 0.466. The molecule has 0 spiro atoms. The Balaban J connectivity index is 2.48. The zero-order chi connectivity index (χ0) is 6.53. The van der Waals surface area contributed by atoms with E-state index in [0.717, 1.165) is 0 Å². The van der Waals surface area contributed by atoms with Crippen molar-refractivity contribution in [1.82, 2.24) is 0 Å². The summed E-state index contributed by atoms with van der Waals surface area (Å²) in [6.07, 6.45) is 2.05. The van der Waals surface area contributed by atoms with Gasteiger partial charge in [-0.2, -0.15) is 0 Å². The van der Waals surface area contributed by atoms with Crippen molar-refractivity contribution in [2.75, 3.05) is 0 Å². The molecule has 1 heterocycles. The van der Waals surface area contributed by atoms with Gasteiger partial charge in [0.25, 0.3) is 0 Å². The van der Waals surface area contributed by atoms with Gasteiger partial charge in [-0.25, -0.2) is 0 Å². The lowest BCUT2D eigenvalue weighted by Crippen LogP contribution is -1.48. The first-order chi connectivity index (χ1) is 4.43. The van der Waals surface area contributed by atoms with E-state index in [9.17, 15) is 0 Å². The van der Waals surface area contributed by atoms with E-state index in [1.807, 2.05) is 13.0 Å². The van der Waals surface area contributed by atoms with Gasteiger partial charge in [0.15, 0.2) is 0 Å². The van der Waals surface area contributed by atoms with Crippen molar-refractivity contribution in [2.45, 2.75) is 11.1 Å². The average Bonchev–Trinajstić information content (AvgIpc) is 2.34. The van der Waals surface area contributed by atoms with Gasteiger partial charge >= 0.3 is 0 Å². The molecule has 0 saturated carbocycles. The predicted molar refractivity (Wildman–Crippen MR) is 45.0 cm³/mol. The second kappa shape index (κ2) is 3.75. The summed E-state index contributed by atoms with van der Waals surface area (Å²) in [5.74, 6) is 0. The molecule has 2 heteroatoms. The molecule has 0 aliphatic carbocycles. The molecule has 0 bridgehead atoms. The highest BCUT2D eigenvalue weighted by atomic mass is 32.2. The summed E-state index contributed by atoms with van der Waals surface area (Å²) in [5.41, 5.74) is 0. The third-order valence-electron chi connectivity index (χ3n) is 0.815. The number of hydrogen-bond acceptors (Lipinski definition) is 2. The second-order valence-electron chi connectivity index (χ2n) is 1.52. The number of thioether (sulfide) groups is 1. The standard InChI is InChI=1S/C7H8S2/c1-2-5-8-7-4-3-6-9-7/h2-6H,1H3/b5-2-. The molecule has 0 atom stereocenters. The van der Waals surface area contributed by atoms with Crippen molar-refractivity contribution in [3.8, 4) is 0 Å². The Morgan fingerprint density at radius 3 is 3.11 bits per heavy atom. The molecule has 0 saturated heterocycles. The van der Waals surface area contributed by atoms with E-state index in [-0.39, 0.29) is 0 Å². The fraction of sp³-hybridized carbons (Fsp3) is 0.143. The van der Waals surface area contributed by atoms with Crippen LogP contribution >= 0.6 is 23.1 Å². The molecular weight excluding hydrogens is 148 g/mol. The first-order valence-corrected chi connectivity index (χ1v) is 4.50. The lowest BCUT2D eigenvalue weighted by atomic mass is 10.7. The zero-order valence-electron chi connectivity index (χ0n) is 5.20. The summed E-state index contributed by atoms with van der Waals surface area (Å²) in [6.45, 7) is 2.03. The van der Waals surface area contributed by atoms with Crippen LogP contribution in [0.1, 0.15) is 6.92 Å². The Hall–Kier alpha value is -0.210. The quantitative estimate of drug-likeness (QED) is 0.591. The van der Waals surface area contributed by atoms with Crippen LogP contribution in [0.5, 0.6) is 0 Å². The van der Waals surface area contributed by atoms with Crippen LogP contribution in [-0.2, 0) is 0 Å². The highest BCUT2D eigenvalue weighted by Crippen LogP contribution is 2.23. The maximum Gasteiger partial charge on any atom is 0.0640 e. The first-order valence-electron chi connectivity index (χ1n) is 2.75. The summed E-state index contributed by atoms with van der Waals surface area (Å²) in [7, 11) is 0. The lowest BCUT2D eigenvalue weighted by Gasteiger charge is -1.82. The summed E-state index contributed by atoms with van der Waals surface area (Å²) in [5, 5.41) is 4.18. The maximum absolute atomic E-state index is 2.12. The minimum absolute atomic E-state index is 1.35.